The van der Waals surface area contributed by atoms with Crippen LogP contribution in [0.1, 0.15) is 23.9 Å². The summed E-state index contributed by atoms with van der Waals surface area (Å²) in [6, 6.07) is 10.2. The fraction of sp³-hybridized carbons (Fsp3) is 0.471. The summed E-state index contributed by atoms with van der Waals surface area (Å²) in [5.74, 6) is 1.05. The van der Waals surface area contributed by atoms with E-state index in [2.05, 4.69) is 24.2 Å². The summed E-state index contributed by atoms with van der Waals surface area (Å²) >= 11 is 0. The Morgan fingerprint density at radius 2 is 2.10 bits per heavy atom. The number of rotatable bonds is 7. The Hall–Kier alpha value is -1.81. The molecule has 1 heterocycles. The predicted octanol–water partition coefficient (Wildman–Crippen LogP) is 2.38. The maximum absolute atomic E-state index is 9.67. The number of aliphatic hydroxyl groups is 1. The third kappa shape index (κ3) is 4.08. The van der Waals surface area contributed by atoms with Crippen molar-refractivity contribution < 1.29 is 9.84 Å². The van der Waals surface area contributed by atoms with Crippen molar-refractivity contribution in [1.29, 1.82) is 0 Å². The van der Waals surface area contributed by atoms with Crippen molar-refractivity contribution in [2.24, 2.45) is 13.0 Å². The van der Waals surface area contributed by atoms with Crippen LogP contribution in [0.2, 0.25) is 0 Å². The van der Waals surface area contributed by atoms with Crippen LogP contribution in [0.5, 0.6) is 5.75 Å². The molecular formula is C17H24N2O2. The fourth-order valence-corrected chi connectivity index (χ4v) is 2.57. The van der Waals surface area contributed by atoms with Gasteiger partial charge in [-0.2, -0.15) is 5.10 Å². The van der Waals surface area contributed by atoms with E-state index in [9.17, 15) is 5.11 Å². The van der Waals surface area contributed by atoms with Crippen LogP contribution in [0.3, 0.4) is 0 Å². The number of aromatic nitrogens is 2. The summed E-state index contributed by atoms with van der Waals surface area (Å²) in [6.07, 6.45) is 2.60. The molecule has 0 aliphatic heterocycles. The molecular weight excluding hydrogens is 264 g/mol. The van der Waals surface area contributed by atoms with Gasteiger partial charge < -0.3 is 9.84 Å². The minimum absolute atomic E-state index is 0.170. The van der Waals surface area contributed by atoms with Crippen LogP contribution in [0.25, 0.3) is 0 Å². The standard InChI is InChI=1S/C17H24N2O2/c1-4-15-11-16(19(2)18-15)9-14(12-20)8-13-6-5-7-17(10-13)21-3/h5-7,10-11,14,20H,4,8-9,12H2,1-3H3. The summed E-state index contributed by atoms with van der Waals surface area (Å²) in [5.41, 5.74) is 3.46. The first-order valence-electron chi connectivity index (χ1n) is 7.41. The molecule has 0 spiro atoms. The van der Waals surface area contributed by atoms with Crippen LogP contribution in [-0.2, 0) is 26.3 Å². The largest absolute Gasteiger partial charge is 0.497 e. The van der Waals surface area contributed by atoms with Crippen molar-refractivity contribution in [3.63, 3.8) is 0 Å². The Balaban J connectivity index is 2.07. The van der Waals surface area contributed by atoms with Crippen LogP contribution in [0, 0.1) is 5.92 Å². The molecule has 4 nitrogen and oxygen atoms in total. The minimum Gasteiger partial charge on any atom is -0.497 e. The average Bonchev–Trinajstić information content (AvgIpc) is 2.87. The Labute approximate surface area is 126 Å². The number of hydrogen-bond acceptors (Lipinski definition) is 3. The number of aliphatic hydroxyl groups excluding tert-OH is 1. The smallest absolute Gasteiger partial charge is 0.119 e. The normalized spacial score (nSPS) is 12.4. The van der Waals surface area contributed by atoms with Crippen LogP contribution < -0.4 is 4.74 Å². The average molecular weight is 288 g/mol. The molecule has 0 saturated carbocycles. The lowest BCUT2D eigenvalue weighted by Gasteiger charge is -2.14. The molecule has 2 rings (SSSR count). The molecule has 1 unspecified atom stereocenters. The van der Waals surface area contributed by atoms with Crippen LogP contribution >= 0.6 is 0 Å². The number of ether oxygens (including phenoxy) is 1. The lowest BCUT2D eigenvalue weighted by Crippen LogP contribution is -2.15. The van der Waals surface area contributed by atoms with E-state index in [4.69, 9.17) is 4.74 Å². The highest BCUT2D eigenvalue weighted by atomic mass is 16.5. The zero-order valence-electron chi connectivity index (χ0n) is 13.0. The van der Waals surface area contributed by atoms with Gasteiger partial charge in [-0.15, -0.1) is 0 Å². The second-order valence-corrected chi connectivity index (χ2v) is 5.41. The first kappa shape index (κ1) is 15.6. The van der Waals surface area contributed by atoms with Crippen molar-refractivity contribution in [3.8, 4) is 5.75 Å². The first-order chi connectivity index (χ1) is 10.2. The fourth-order valence-electron chi connectivity index (χ4n) is 2.57. The van der Waals surface area contributed by atoms with Gasteiger partial charge in [0.1, 0.15) is 5.75 Å². The van der Waals surface area contributed by atoms with Crippen molar-refractivity contribution in [1.82, 2.24) is 9.78 Å². The maximum atomic E-state index is 9.67. The van der Waals surface area contributed by atoms with E-state index in [0.29, 0.717) is 0 Å². The zero-order valence-corrected chi connectivity index (χ0v) is 13.0. The maximum Gasteiger partial charge on any atom is 0.119 e. The monoisotopic (exact) mass is 288 g/mol. The van der Waals surface area contributed by atoms with Gasteiger partial charge in [-0.3, -0.25) is 4.68 Å². The number of hydrogen-bond donors (Lipinski definition) is 1. The predicted molar refractivity (Wildman–Crippen MR) is 83.6 cm³/mol. The minimum atomic E-state index is 0.170. The van der Waals surface area contributed by atoms with Gasteiger partial charge in [-0.05, 0) is 48.9 Å². The van der Waals surface area contributed by atoms with E-state index in [0.717, 1.165) is 30.7 Å². The molecule has 114 valence electrons. The van der Waals surface area contributed by atoms with Gasteiger partial charge >= 0.3 is 0 Å². The van der Waals surface area contributed by atoms with Gasteiger partial charge in [0.2, 0.25) is 0 Å². The Morgan fingerprint density at radius 1 is 1.29 bits per heavy atom. The number of nitrogens with zero attached hydrogens (tertiary/aromatic N) is 2. The molecule has 1 aromatic heterocycles. The van der Waals surface area contributed by atoms with E-state index in [-0.39, 0.29) is 12.5 Å². The summed E-state index contributed by atoms with van der Waals surface area (Å²) in [5, 5.41) is 14.1. The third-order valence-corrected chi connectivity index (χ3v) is 3.80. The second-order valence-electron chi connectivity index (χ2n) is 5.41. The van der Waals surface area contributed by atoms with Crippen molar-refractivity contribution in [2.45, 2.75) is 26.2 Å². The van der Waals surface area contributed by atoms with Crippen LogP contribution in [0.4, 0.5) is 0 Å². The highest BCUT2D eigenvalue weighted by Crippen LogP contribution is 2.19. The van der Waals surface area contributed by atoms with Crippen LogP contribution in [0.15, 0.2) is 30.3 Å². The molecule has 0 saturated heterocycles. The summed E-state index contributed by atoms with van der Waals surface area (Å²) in [4.78, 5) is 0. The molecule has 4 heteroatoms. The summed E-state index contributed by atoms with van der Waals surface area (Å²) in [7, 11) is 3.64. The van der Waals surface area contributed by atoms with Gasteiger partial charge in [0.05, 0.1) is 12.8 Å². The Morgan fingerprint density at radius 3 is 2.71 bits per heavy atom. The molecule has 21 heavy (non-hydrogen) atoms. The molecule has 0 fully saturated rings. The zero-order chi connectivity index (χ0) is 15.2. The van der Waals surface area contributed by atoms with Gasteiger partial charge in [0.15, 0.2) is 0 Å². The molecule has 0 amide bonds. The van der Waals surface area contributed by atoms with E-state index in [1.54, 1.807) is 7.11 Å². The SMILES string of the molecule is CCc1cc(CC(CO)Cc2cccc(OC)c2)n(C)n1. The quantitative estimate of drug-likeness (QED) is 0.851. The van der Waals surface area contributed by atoms with Gasteiger partial charge in [0, 0.05) is 19.3 Å². The molecule has 0 aliphatic carbocycles. The molecule has 0 radical (unpaired) electrons. The Bertz CT molecular complexity index is 578. The highest BCUT2D eigenvalue weighted by molar-refractivity contribution is 5.28. The van der Waals surface area contributed by atoms with E-state index in [1.807, 2.05) is 29.9 Å². The van der Waals surface area contributed by atoms with Gasteiger partial charge in [-0.25, -0.2) is 0 Å². The topological polar surface area (TPSA) is 47.3 Å². The molecule has 2 aromatic rings. The number of benzene rings is 1. The van der Waals surface area contributed by atoms with Crippen LogP contribution in [-0.4, -0.2) is 28.6 Å². The lowest BCUT2D eigenvalue weighted by atomic mass is 9.95. The van der Waals surface area contributed by atoms with E-state index in [1.165, 1.54) is 11.3 Å². The summed E-state index contributed by atoms with van der Waals surface area (Å²) in [6.45, 7) is 2.27. The highest BCUT2D eigenvalue weighted by Gasteiger charge is 2.13. The van der Waals surface area contributed by atoms with Crippen molar-refractivity contribution in [2.75, 3.05) is 13.7 Å². The lowest BCUT2D eigenvalue weighted by molar-refractivity contribution is 0.223. The van der Waals surface area contributed by atoms with Crippen molar-refractivity contribution in [3.05, 3.63) is 47.3 Å². The van der Waals surface area contributed by atoms with Gasteiger partial charge in [0.25, 0.3) is 0 Å². The number of methoxy groups -OCH3 is 1. The molecule has 0 aliphatic rings. The third-order valence-electron chi connectivity index (χ3n) is 3.80. The van der Waals surface area contributed by atoms with Gasteiger partial charge in [-0.1, -0.05) is 19.1 Å². The van der Waals surface area contributed by atoms with E-state index >= 15 is 0 Å². The number of aryl methyl sites for hydroxylation is 2. The molecule has 0 bridgehead atoms. The Kier molecular flexibility index (Phi) is 5.39. The molecule has 1 atom stereocenters. The second kappa shape index (κ2) is 7.27. The van der Waals surface area contributed by atoms with E-state index < -0.39 is 0 Å². The molecule has 1 N–H and O–H groups in total. The first-order valence-corrected chi connectivity index (χ1v) is 7.41. The van der Waals surface area contributed by atoms with Crippen molar-refractivity contribution >= 4 is 0 Å². The summed E-state index contributed by atoms with van der Waals surface area (Å²) < 4.78 is 7.17. The molecule has 1 aromatic carbocycles.